The molecule has 0 bridgehead atoms. The predicted octanol–water partition coefficient (Wildman–Crippen LogP) is 2.99. The molecular weight excluding hydrogens is 394 g/mol. The largest absolute Gasteiger partial charge is 0.375 e. The van der Waals surface area contributed by atoms with E-state index < -0.39 is 0 Å². The van der Waals surface area contributed by atoms with Gasteiger partial charge in [0.15, 0.2) is 11.8 Å². The molecule has 0 saturated carbocycles. The molecule has 0 saturated heterocycles. The highest BCUT2D eigenvalue weighted by atomic mass is 32.1. The van der Waals surface area contributed by atoms with Crippen molar-refractivity contribution in [2.24, 2.45) is 12.0 Å². The fourth-order valence-corrected chi connectivity index (χ4v) is 3.72. The molecular formula is C22H31N7S. The highest BCUT2D eigenvalue weighted by Gasteiger charge is 2.06. The van der Waals surface area contributed by atoms with Crippen LogP contribution in [-0.4, -0.2) is 47.4 Å². The zero-order valence-electron chi connectivity index (χ0n) is 18.0. The summed E-state index contributed by atoms with van der Waals surface area (Å²) in [6.07, 6.45) is 2.00. The monoisotopic (exact) mass is 425 g/mol. The molecule has 0 aliphatic rings. The van der Waals surface area contributed by atoms with E-state index >= 15 is 0 Å². The second-order valence-corrected chi connectivity index (χ2v) is 8.21. The van der Waals surface area contributed by atoms with Gasteiger partial charge in [0.05, 0.1) is 0 Å². The van der Waals surface area contributed by atoms with Crippen LogP contribution in [-0.2, 0) is 20.0 Å². The highest BCUT2D eigenvalue weighted by molar-refractivity contribution is 7.09. The van der Waals surface area contributed by atoms with Crippen molar-refractivity contribution in [1.29, 1.82) is 0 Å². The first-order valence-corrected chi connectivity index (χ1v) is 11.2. The van der Waals surface area contributed by atoms with Gasteiger partial charge >= 0.3 is 0 Å². The van der Waals surface area contributed by atoms with Gasteiger partial charge in [0, 0.05) is 44.3 Å². The van der Waals surface area contributed by atoms with E-state index in [1.807, 2.05) is 24.6 Å². The van der Waals surface area contributed by atoms with Crippen LogP contribution in [0.5, 0.6) is 0 Å². The Labute approximate surface area is 182 Å². The smallest absolute Gasteiger partial charge is 0.191 e. The number of benzene rings is 1. The molecule has 0 unspecified atom stereocenters. The van der Waals surface area contributed by atoms with E-state index in [4.69, 9.17) is 4.99 Å². The molecule has 0 fully saturated rings. The molecule has 2 N–H and O–H groups in total. The van der Waals surface area contributed by atoms with Gasteiger partial charge in [0.25, 0.3) is 0 Å². The van der Waals surface area contributed by atoms with Gasteiger partial charge in [-0.25, -0.2) is 4.99 Å². The zero-order valence-corrected chi connectivity index (χ0v) is 18.8. The average molecular weight is 426 g/mol. The van der Waals surface area contributed by atoms with Gasteiger partial charge in [0.1, 0.15) is 12.4 Å². The lowest BCUT2D eigenvalue weighted by Gasteiger charge is -2.19. The van der Waals surface area contributed by atoms with Crippen molar-refractivity contribution in [3.05, 3.63) is 64.4 Å². The van der Waals surface area contributed by atoms with Crippen LogP contribution in [0.4, 0.5) is 5.69 Å². The first-order valence-electron chi connectivity index (χ1n) is 10.3. The van der Waals surface area contributed by atoms with Gasteiger partial charge in [-0.15, -0.1) is 21.5 Å². The van der Waals surface area contributed by atoms with Gasteiger partial charge in [-0.05, 0) is 43.3 Å². The number of para-hydroxylation sites is 1. The summed E-state index contributed by atoms with van der Waals surface area (Å²) in [6.45, 7) is 5.10. The normalized spacial score (nSPS) is 11.5. The third-order valence-electron chi connectivity index (χ3n) is 4.96. The molecule has 3 rings (SSSR count). The third-order valence-corrected chi connectivity index (χ3v) is 5.90. The van der Waals surface area contributed by atoms with Gasteiger partial charge in [-0.3, -0.25) is 0 Å². The number of guanidine groups is 1. The Bertz CT molecular complexity index is 903. The summed E-state index contributed by atoms with van der Waals surface area (Å²) in [4.78, 5) is 8.36. The number of nitrogens with one attached hydrogen (secondary N) is 2. The molecule has 3 aromatic rings. The highest BCUT2D eigenvalue weighted by Crippen LogP contribution is 2.11. The van der Waals surface area contributed by atoms with Gasteiger partial charge in [-0.2, -0.15) is 0 Å². The second-order valence-electron chi connectivity index (χ2n) is 7.18. The quantitative estimate of drug-likeness (QED) is 0.297. The molecule has 8 heteroatoms. The topological polar surface area (TPSA) is 70.4 Å². The summed E-state index contributed by atoms with van der Waals surface area (Å²) >= 11 is 1.78. The number of nitrogens with zero attached hydrogens (tertiary/aromatic N) is 5. The van der Waals surface area contributed by atoms with Crippen LogP contribution >= 0.6 is 11.3 Å². The Kier molecular flexibility index (Phi) is 8.26. The van der Waals surface area contributed by atoms with Gasteiger partial charge in [0.2, 0.25) is 0 Å². The average Bonchev–Trinajstić information content (AvgIpc) is 3.40. The number of hydrogen-bond acceptors (Lipinski definition) is 5. The van der Waals surface area contributed by atoms with Crippen molar-refractivity contribution < 1.29 is 0 Å². The Morgan fingerprint density at radius 3 is 2.60 bits per heavy atom. The Morgan fingerprint density at radius 1 is 1.10 bits per heavy atom. The molecule has 0 atom stereocenters. The number of aliphatic imine (C=N–C) groups is 1. The summed E-state index contributed by atoms with van der Waals surface area (Å²) in [6, 6.07) is 14.7. The van der Waals surface area contributed by atoms with Crippen LogP contribution < -0.4 is 15.5 Å². The minimum Gasteiger partial charge on any atom is -0.375 e. The molecule has 1 aromatic carbocycles. The van der Waals surface area contributed by atoms with Crippen LogP contribution in [0, 0.1) is 6.92 Å². The van der Waals surface area contributed by atoms with E-state index in [1.165, 1.54) is 10.6 Å². The summed E-state index contributed by atoms with van der Waals surface area (Å²) < 4.78 is 1.97. The summed E-state index contributed by atoms with van der Waals surface area (Å²) in [5, 5.41) is 17.3. The molecule has 30 heavy (non-hydrogen) atoms. The van der Waals surface area contributed by atoms with E-state index in [0.29, 0.717) is 6.54 Å². The van der Waals surface area contributed by atoms with Crippen molar-refractivity contribution in [2.45, 2.75) is 26.3 Å². The Hall–Kier alpha value is -2.87. The number of aromatic nitrogens is 3. The van der Waals surface area contributed by atoms with Crippen molar-refractivity contribution in [3.8, 4) is 0 Å². The standard InChI is InChI=1S/C22H31N7S/c1-18-26-27-21(29(18)3)17-25-22(24-14-12-20-11-7-16-30-20)23-13-8-15-28(2)19-9-5-4-6-10-19/h4-7,9-11,16H,8,12-15,17H2,1-3H3,(H2,23,24,25). The van der Waals surface area contributed by atoms with Crippen molar-refractivity contribution >= 4 is 23.0 Å². The van der Waals surface area contributed by atoms with E-state index in [1.54, 1.807) is 11.3 Å². The molecule has 7 nitrogen and oxygen atoms in total. The lowest BCUT2D eigenvalue weighted by molar-refractivity contribution is 0.716. The van der Waals surface area contributed by atoms with E-state index in [2.05, 4.69) is 74.6 Å². The van der Waals surface area contributed by atoms with Crippen LogP contribution in [0.3, 0.4) is 0 Å². The first-order chi connectivity index (χ1) is 14.6. The number of rotatable bonds is 10. The second kappa shape index (κ2) is 11.3. The maximum absolute atomic E-state index is 4.72. The summed E-state index contributed by atoms with van der Waals surface area (Å²) in [5.41, 5.74) is 1.23. The van der Waals surface area contributed by atoms with E-state index in [9.17, 15) is 0 Å². The molecule has 0 radical (unpaired) electrons. The van der Waals surface area contributed by atoms with Crippen LogP contribution in [0.1, 0.15) is 22.9 Å². The lowest BCUT2D eigenvalue weighted by atomic mass is 10.3. The molecule has 160 valence electrons. The van der Waals surface area contributed by atoms with Gasteiger partial charge < -0.3 is 20.1 Å². The molecule has 0 amide bonds. The number of aryl methyl sites for hydroxylation is 1. The van der Waals surface area contributed by atoms with Gasteiger partial charge in [-0.1, -0.05) is 24.3 Å². The van der Waals surface area contributed by atoms with Crippen molar-refractivity contribution in [2.75, 3.05) is 31.6 Å². The minimum atomic E-state index is 0.496. The molecule has 2 heterocycles. The van der Waals surface area contributed by atoms with Crippen molar-refractivity contribution in [1.82, 2.24) is 25.4 Å². The SMILES string of the molecule is Cc1nnc(CN=C(NCCCN(C)c2ccccc2)NCCc2cccs2)n1C. The molecule has 0 spiro atoms. The number of thiophene rings is 1. The van der Waals surface area contributed by atoms with E-state index in [-0.39, 0.29) is 0 Å². The summed E-state index contributed by atoms with van der Waals surface area (Å²) in [5.74, 6) is 2.56. The van der Waals surface area contributed by atoms with Crippen LogP contribution in [0.15, 0.2) is 52.8 Å². The Balaban J connectivity index is 1.50. The maximum Gasteiger partial charge on any atom is 0.191 e. The first kappa shape index (κ1) is 21.8. The molecule has 2 aromatic heterocycles. The minimum absolute atomic E-state index is 0.496. The van der Waals surface area contributed by atoms with Crippen LogP contribution in [0.2, 0.25) is 0 Å². The number of hydrogen-bond donors (Lipinski definition) is 2. The molecule has 0 aliphatic carbocycles. The fraction of sp³-hybridized carbons (Fsp3) is 0.409. The lowest BCUT2D eigenvalue weighted by Crippen LogP contribution is -2.39. The fourth-order valence-electron chi connectivity index (χ4n) is 3.01. The Morgan fingerprint density at radius 2 is 1.90 bits per heavy atom. The van der Waals surface area contributed by atoms with E-state index in [0.717, 1.165) is 50.1 Å². The van der Waals surface area contributed by atoms with Crippen LogP contribution in [0.25, 0.3) is 0 Å². The third kappa shape index (κ3) is 6.59. The number of anilines is 1. The maximum atomic E-state index is 4.72. The molecule has 0 aliphatic heterocycles. The van der Waals surface area contributed by atoms with Crippen molar-refractivity contribution in [3.63, 3.8) is 0 Å². The predicted molar refractivity (Wildman–Crippen MR) is 125 cm³/mol. The summed E-state index contributed by atoms with van der Waals surface area (Å²) in [7, 11) is 4.09. The zero-order chi connectivity index (χ0) is 21.2.